The van der Waals surface area contributed by atoms with Gasteiger partial charge in [-0.15, -0.1) is 0 Å². The molecule has 5 heteroatoms. The Bertz CT molecular complexity index is 619. The average Bonchev–Trinajstić information content (AvgIpc) is 2.90. The number of fused-ring (bicyclic) bond motifs is 1. The van der Waals surface area contributed by atoms with E-state index in [9.17, 15) is 4.79 Å². The van der Waals surface area contributed by atoms with E-state index >= 15 is 0 Å². The standard InChI is InChI=1S/C14H15N3O2/c1-19-14(18)10-3-2-4-12(7-10)17-13-5-6-15-8-11(13)9-16-17/h2-4,7,9,15H,5-6,8H2,1H3. The second kappa shape index (κ2) is 4.85. The summed E-state index contributed by atoms with van der Waals surface area (Å²) in [6, 6.07) is 7.34. The van der Waals surface area contributed by atoms with Gasteiger partial charge in [-0.3, -0.25) is 0 Å². The Morgan fingerprint density at radius 3 is 3.21 bits per heavy atom. The van der Waals surface area contributed by atoms with E-state index in [-0.39, 0.29) is 5.97 Å². The Kier molecular flexibility index (Phi) is 3.05. The number of carbonyl (C=O) groups excluding carboxylic acids is 1. The minimum absolute atomic E-state index is 0.329. The number of benzene rings is 1. The van der Waals surface area contributed by atoms with Crippen LogP contribution in [0.15, 0.2) is 30.5 Å². The van der Waals surface area contributed by atoms with Crippen LogP contribution in [0.25, 0.3) is 5.69 Å². The van der Waals surface area contributed by atoms with Crippen molar-refractivity contribution >= 4 is 5.97 Å². The molecule has 0 saturated heterocycles. The van der Waals surface area contributed by atoms with E-state index in [2.05, 4.69) is 10.4 Å². The highest BCUT2D eigenvalue weighted by atomic mass is 16.5. The third kappa shape index (κ3) is 2.13. The predicted octanol–water partition coefficient (Wildman–Crippen LogP) is 1.30. The first-order valence-corrected chi connectivity index (χ1v) is 6.25. The van der Waals surface area contributed by atoms with Crippen molar-refractivity contribution in [3.8, 4) is 5.69 Å². The molecule has 0 radical (unpaired) electrons. The SMILES string of the molecule is COC(=O)c1cccc(-n2ncc3c2CCNC3)c1. The summed E-state index contributed by atoms with van der Waals surface area (Å²) in [6.07, 6.45) is 2.82. The summed E-state index contributed by atoms with van der Waals surface area (Å²) in [7, 11) is 1.39. The number of ether oxygens (including phenoxy) is 1. The lowest BCUT2D eigenvalue weighted by Crippen LogP contribution is -2.24. The van der Waals surface area contributed by atoms with E-state index in [1.165, 1.54) is 18.4 Å². The number of esters is 1. The van der Waals surface area contributed by atoms with E-state index < -0.39 is 0 Å². The van der Waals surface area contributed by atoms with Gasteiger partial charge in [0.15, 0.2) is 0 Å². The van der Waals surface area contributed by atoms with Gasteiger partial charge in [0.1, 0.15) is 0 Å². The zero-order valence-corrected chi connectivity index (χ0v) is 10.7. The molecule has 19 heavy (non-hydrogen) atoms. The van der Waals surface area contributed by atoms with Gasteiger partial charge in [0, 0.05) is 30.8 Å². The van der Waals surface area contributed by atoms with Crippen molar-refractivity contribution in [3.63, 3.8) is 0 Å². The van der Waals surface area contributed by atoms with Crippen LogP contribution in [0.1, 0.15) is 21.6 Å². The Morgan fingerprint density at radius 2 is 2.37 bits per heavy atom. The molecule has 0 saturated carbocycles. The first-order valence-electron chi connectivity index (χ1n) is 6.25. The molecule has 0 amide bonds. The summed E-state index contributed by atoms with van der Waals surface area (Å²) < 4.78 is 6.65. The number of rotatable bonds is 2. The van der Waals surface area contributed by atoms with Crippen LogP contribution in [0.4, 0.5) is 0 Å². The number of hydrogen-bond donors (Lipinski definition) is 1. The van der Waals surface area contributed by atoms with Crippen molar-refractivity contribution in [2.75, 3.05) is 13.7 Å². The maximum absolute atomic E-state index is 11.6. The molecule has 1 aliphatic rings. The molecule has 0 aliphatic carbocycles. The third-order valence-corrected chi connectivity index (χ3v) is 3.32. The van der Waals surface area contributed by atoms with Gasteiger partial charge in [0.05, 0.1) is 24.6 Å². The number of nitrogens with zero attached hydrogens (tertiary/aromatic N) is 2. The molecule has 2 heterocycles. The summed E-state index contributed by atoms with van der Waals surface area (Å²) >= 11 is 0. The van der Waals surface area contributed by atoms with Crippen LogP contribution >= 0.6 is 0 Å². The van der Waals surface area contributed by atoms with Crippen molar-refractivity contribution in [1.82, 2.24) is 15.1 Å². The summed E-state index contributed by atoms with van der Waals surface area (Å²) in [5.74, 6) is -0.329. The number of hydrogen-bond acceptors (Lipinski definition) is 4. The van der Waals surface area contributed by atoms with Gasteiger partial charge in [-0.25, -0.2) is 9.48 Å². The highest BCUT2D eigenvalue weighted by Gasteiger charge is 2.16. The van der Waals surface area contributed by atoms with Crippen molar-refractivity contribution in [2.45, 2.75) is 13.0 Å². The zero-order chi connectivity index (χ0) is 13.2. The largest absolute Gasteiger partial charge is 0.465 e. The smallest absolute Gasteiger partial charge is 0.337 e. The van der Waals surface area contributed by atoms with Crippen LogP contribution in [0.5, 0.6) is 0 Å². The third-order valence-electron chi connectivity index (χ3n) is 3.32. The van der Waals surface area contributed by atoms with Crippen LogP contribution in [-0.4, -0.2) is 29.4 Å². The lowest BCUT2D eigenvalue weighted by atomic mass is 10.1. The van der Waals surface area contributed by atoms with Crippen molar-refractivity contribution in [2.24, 2.45) is 0 Å². The van der Waals surface area contributed by atoms with Crippen molar-refractivity contribution in [1.29, 1.82) is 0 Å². The Labute approximate surface area is 111 Å². The fourth-order valence-corrected chi connectivity index (χ4v) is 2.36. The van der Waals surface area contributed by atoms with E-state index in [1.807, 2.05) is 23.0 Å². The minimum atomic E-state index is -0.329. The molecular weight excluding hydrogens is 242 g/mol. The quantitative estimate of drug-likeness (QED) is 0.824. The second-order valence-corrected chi connectivity index (χ2v) is 4.50. The van der Waals surface area contributed by atoms with Gasteiger partial charge < -0.3 is 10.1 Å². The summed E-state index contributed by atoms with van der Waals surface area (Å²) in [6.45, 7) is 1.81. The second-order valence-electron chi connectivity index (χ2n) is 4.50. The Hall–Kier alpha value is -2.14. The van der Waals surface area contributed by atoms with Gasteiger partial charge >= 0.3 is 5.97 Å². The predicted molar refractivity (Wildman–Crippen MR) is 70.3 cm³/mol. The normalized spacial score (nSPS) is 13.9. The molecule has 1 aliphatic heterocycles. The van der Waals surface area contributed by atoms with Gasteiger partial charge in [0.25, 0.3) is 0 Å². The number of nitrogens with one attached hydrogen (secondary N) is 1. The highest BCUT2D eigenvalue weighted by molar-refractivity contribution is 5.89. The first kappa shape index (κ1) is 11.9. The lowest BCUT2D eigenvalue weighted by molar-refractivity contribution is 0.0600. The summed E-state index contributed by atoms with van der Waals surface area (Å²) in [4.78, 5) is 11.6. The lowest BCUT2D eigenvalue weighted by Gasteiger charge is -2.15. The van der Waals surface area contributed by atoms with Crippen LogP contribution in [0.3, 0.4) is 0 Å². The average molecular weight is 257 g/mol. The Balaban J connectivity index is 2.02. The Morgan fingerprint density at radius 1 is 1.47 bits per heavy atom. The molecule has 0 atom stereocenters. The molecule has 3 rings (SSSR count). The van der Waals surface area contributed by atoms with E-state index in [1.54, 1.807) is 12.1 Å². The fourth-order valence-electron chi connectivity index (χ4n) is 2.36. The van der Waals surface area contributed by atoms with Gasteiger partial charge in [-0.05, 0) is 18.2 Å². The van der Waals surface area contributed by atoms with Crippen LogP contribution in [0.2, 0.25) is 0 Å². The van der Waals surface area contributed by atoms with Gasteiger partial charge in [0.2, 0.25) is 0 Å². The van der Waals surface area contributed by atoms with Crippen LogP contribution in [0, 0.1) is 0 Å². The monoisotopic (exact) mass is 257 g/mol. The maximum Gasteiger partial charge on any atom is 0.337 e. The molecule has 1 aromatic heterocycles. The van der Waals surface area contributed by atoms with Crippen LogP contribution < -0.4 is 5.32 Å². The minimum Gasteiger partial charge on any atom is -0.465 e. The molecule has 5 nitrogen and oxygen atoms in total. The zero-order valence-electron chi connectivity index (χ0n) is 10.7. The molecule has 1 aromatic carbocycles. The van der Waals surface area contributed by atoms with Crippen molar-refractivity contribution in [3.05, 3.63) is 47.3 Å². The number of methoxy groups -OCH3 is 1. The maximum atomic E-state index is 11.6. The molecule has 0 unspecified atom stereocenters. The summed E-state index contributed by atoms with van der Waals surface area (Å²) in [5.41, 5.74) is 3.86. The first-order chi connectivity index (χ1) is 9.29. The molecule has 0 spiro atoms. The van der Waals surface area contributed by atoms with Gasteiger partial charge in [-0.2, -0.15) is 5.10 Å². The fraction of sp³-hybridized carbons (Fsp3) is 0.286. The van der Waals surface area contributed by atoms with Crippen molar-refractivity contribution < 1.29 is 9.53 Å². The molecular formula is C14H15N3O2. The molecule has 0 bridgehead atoms. The van der Waals surface area contributed by atoms with Gasteiger partial charge in [-0.1, -0.05) is 6.07 Å². The van der Waals surface area contributed by atoms with Crippen LogP contribution in [-0.2, 0) is 17.7 Å². The van der Waals surface area contributed by atoms with E-state index in [4.69, 9.17) is 4.74 Å². The summed E-state index contributed by atoms with van der Waals surface area (Å²) in [5, 5.41) is 7.74. The van der Waals surface area contributed by atoms with E-state index in [0.717, 1.165) is 25.2 Å². The topological polar surface area (TPSA) is 56.2 Å². The molecule has 2 aromatic rings. The number of aromatic nitrogens is 2. The molecule has 98 valence electrons. The molecule has 1 N–H and O–H groups in total. The van der Waals surface area contributed by atoms with E-state index in [0.29, 0.717) is 5.56 Å². The number of carbonyl (C=O) groups is 1. The highest BCUT2D eigenvalue weighted by Crippen LogP contribution is 2.19. The molecule has 0 fully saturated rings.